The van der Waals surface area contributed by atoms with E-state index in [0.29, 0.717) is 0 Å². The molecule has 0 aromatic heterocycles. The summed E-state index contributed by atoms with van der Waals surface area (Å²) >= 11 is 0. The minimum Gasteiger partial charge on any atom is -0.372 e. The number of para-hydroxylation sites is 1. The standard InChI is InChI=1S/C10H13N/c1-3-11(4-2)10-8-6-5-7-9-10/h5-9H,1-4H2. The smallest absolute Gasteiger partial charge is 0.0366 e. The molecule has 0 saturated carbocycles. The maximum atomic E-state index is 3.82. The van der Waals surface area contributed by atoms with Crippen LogP contribution in [0.5, 0.6) is 0 Å². The predicted molar refractivity (Wildman–Crippen MR) is 49.4 cm³/mol. The third kappa shape index (κ3) is 1.97. The molecule has 0 spiro atoms. The van der Waals surface area contributed by atoms with Gasteiger partial charge in [-0.05, 0) is 26.0 Å². The van der Waals surface area contributed by atoms with Crippen LogP contribution < -0.4 is 4.90 Å². The van der Waals surface area contributed by atoms with E-state index >= 15 is 0 Å². The molecule has 1 aromatic carbocycles. The summed E-state index contributed by atoms with van der Waals surface area (Å²) in [4.78, 5) is 2.11. The Kier molecular flexibility index (Phi) is 2.96. The van der Waals surface area contributed by atoms with Crippen molar-refractivity contribution in [2.45, 2.75) is 0 Å². The number of hydrogen-bond donors (Lipinski definition) is 0. The molecule has 0 atom stereocenters. The van der Waals surface area contributed by atoms with Gasteiger partial charge in [-0.2, -0.15) is 0 Å². The first-order valence-electron chi connectivity index (χ1n) is 3.77. The second-order valence-electron chi connectivity index (χ2n) is 2.32. The molecule has 2 radical (unpaired) electrons. The Balaban J connectivity index is 2.74. The first kappa shape index (κ1) is 8.12. The van der Waals surface area contributed by atoms with Gasteiger partial charge in [-0.1, -0.05) is 18.2 Å². The molecule has 0 unspecified atom stereocenters. The molecular weight excluding hydrogens is 134 g/mol. The van der Waals surface area contributed by atoms with Crippen molar-refractivity contribution in [1.29, 1.82) is 0 Å². The van der Waals surface area contributed by atoms with Gasteiger partial charge in [-0.15, -0.1) is 0 Å². The zero-order valence-corrected chi connectivity index (χ0v) is 6.66. The molecule has 0 aliphatic carbocycles. The topological polar surface area (TPSA) is 3.24 Å². The molecule has 0 bridgehead atoms. The van der Waals surface area contributed by atoms with Gasteiger partial charge in [-0.3, -0.25) is 0 Å². The summed E-state index contributed by atoms with van der Waals surface area (Å²) in [6.45, 7) is 9.18. The molecule has 0 amide bonds. The normalized spacial score (nSPS) is 9.64. The van der Waals surface area contributed by atoms with Crippen LogP contribution in [0.15, 0.2) is 30.3 Å². The molecular formula is C10H13N. The van der Waals surface area contributed by atoms with Gasteiger partial charge < -0.3 is 4.90 Å². The number of benzene rings is 1. The Morgan fingerprint density at radius 1 is 1.00 bits per heavy atom. The van der Waals surface area contributed by atoms with E-state index in [0.717, 1.165) is 13.1 Å². The minimum atomic E-state index is 0.771. The van der Waals surface area contributed by atoms with Crippen molar-refractivity contribution in [2.24, 2.45) is 0 Å². The van der Waals surface area contributed by atoms with Gasteiger partial charge in [0.05, 0.1) is 0 Å². The van der Waals surface area contributed by atoms with Crippen molar-refractivity contribution in [1.82, 2.24) is 0 Å². The summed E-state index contributed by atoms with van der Waals surface area (Å²) in [5, 5.41) is 0. The van der Waals surface area contributed by atoms with Gasteiger partial charge in [0.2, 0.25) is 0 Å². The Morgan fingerprint density at radius 3 is 2.00 bits per heavy atom. The fourth-order valence-corrected chi connectivity index (χ4v) is 1.01. The second-order valence-corrected chi connectivity index (χ2v) is 2.32. The summed E-state index contributed by atoms with van der Waals surface area (Å²) in [6.07, 6.45) is 0. The van der Waals surface area contributed by atoms with Crippen molar-refractivity contribution >= 4 is 5.69 Å². The SMILES string of the molecule is [CH2]CN(C[CH2])c1ccccc1. The van der Waals surface area contributed by atoms with Crippen LogP contribution in [0.3, 0.4) is 0 Å². The van der Waals surface area contributed by atoms with Crippen molar-refractivity contribution in [3.63, 3.8) is 0 Å². The lowest BCUT2D eigenvalue weighted by Gasteiger charge is -2.20. The molecule has 11 heavy (non-hydrogen) atoms. The highest BCUT2D eigenvalue weighted by Crippen LogP contribution is 2.11. The highest BCUT2D eigenvalue weighted by molar-refractivity contribution is 5.46. The summed E-state index contributed by atoms with van der Waals surface area (Å²) in [7, 11) is 0. The van der Waals surface area contributed by atoms with Crippen molar-refractivity contribution in [3.8, 4) is 0 Å². The molecule has 0 saturated heterocycles. The van der Waals surface area contributed by atoms with Gasteiger partial charge in [0.15, 0.2) is 0 Å². The van der Waals surface area contributed by atoms with Crippen molar-refractivity contribution < 1.29 is 0 Å². The largest absolute Gasteiger partial charge is 0.372 e. The first-order valence-corrected chi connectivity index (χ1v) is 3.77. The summed E-state index contributed by atoms with van der Waals surface area (Å²) in [5.74, 6) is 0. The second kappa shape index (κ2) is 4.02. The fourth-order valence-electron chi connectivity index (χ4n) is 1.01. The quantitative estimate of drug-likeness (QED) is 0.633. The zero-order chi connectivity index (χ0) is 8.10. The van der Waals surface area contributed by atoms with Crippen LogP contribution in [-0.2, 0) is 0 Å². The summed E-state index contributed by atoms with van der Waals surface area (Å²) in [5.41, 5.74) is 1.19. The van der Waals surface area contributed by atoms with Crippen LogP contribution in [0.25, 0.3) is 0 Å². The van der Waals surface area contributed by atoms with E-state index in [1.807, 2.05) is 18.2 Å². The molecule has 0 heterocycles. The van der Waals surface area contributed by atoms with Gasteiger partial charge >= 0.3 is 0 Å². The number of hydrogen-bond acceptors (Lipinski definition) is 1. The maximum absolute atomic E-state index is 3.82. The molecule has 0 N–H and O–H groups in total. The highest BCUT2D eigenvalue weighted by Gasteiger charge is 1.97. The van der Waals surface area contributed by atoms with E-state index in [9.17, 15) is 0 Å². The van der Waals surface area contributed by atoms with E-state index in [1.54, 1.807) is 0 Å². The molecule has 58 valence electrons. The lowest BCUT2D eigenvalue weighted by Crippen LogP contribution is -2.21. The Hall–Kier alpha value is -0.980. The third-order valence-corrected chi connectivity index (χ3v) is 1.66. The van der Waals surface area contributed by atoms with Crippen LogP contribution >= 0.6 is 0 Å². The number of anilines is 1. The van der Waals surface area contributed by atoms with E-state index in [1.165, 1.54) is 5.69 Å². The van der Waals surface area contributed by atoms with Crippen LogP contribution in [0.4, 0.5) is 5.69 Å². The number of rotatable bonds is 3. The number of nitrogens with zero attached hydrogens (tertiary/aromatic N) is 1. The summed E-state index contributed by atoms with van der Waals surface area (Å²) in [6, 6.07) is 10.2. The van der Waals surface area contributed by atoms with Crippen LogP contribution in [0.1, 0.15) is 0 Å². The zero-order valence-electron chi connectivity index (χ0n) is 6.66. The maximum Gasteiger partial charge on any atom is 0.0366 e. The van der Waals surface area contributed by atoms with Gasteiger partial charge in [-0.25, -0.2) is 0 Å². The van der Waals surface area contributed by atoms with Gasteiger partial charge in [0.25, 0.3) is 0 Å². The predicted octanol–water partition coefficient (Wildman–Crippen LogP) is 2.16. The Bertz CT molecular complexity index is 189. The molecule has 1 rings (SSSR count). The van der Waals surface area contributed by atoms with E-state index < -0.39 is 0 Å². The molecule has 0 fully saturated rings. The molecule has 1 heteroatoms. The molecule has 0 aliphatic rings. The lowest BCUT2D eigenvalue weighted by molar-refractivity contribution is 0.951. The average molecular weight is 147 g/mol. The monoisotopic (exact) mass is 147 g/mol. The highest BCUT2D eigenvalue weighted by atomic mass is 15.1. The molecule has 0 aliphatic heterocycles. The average Bonchev–Trinajstić information content (AvgIpc) is 2.09. The third-order valence-electron chi connectivity index (χ3n) is 1.66. The molecule has 1 nitrogen and oxygen atoms in total. The van der Waals surface area contributed by atoms with Crippen LogP contribution in [0.2, 0.25) is 0 Å². The fraction of sp³-hybridized carbons (Fsp3) is 0.200. The Morgan fingerprint density at radius 2 is 1.55 bits per heavy atom. The van der Waals surface area contributed by atoms with Crippen molar-refractivity contribution in [3.05, 3.63) is 44.2 Å². The van der Waals surface area contributed by atoms with Crippen molar-refractivity contribution in [2.75, 3.05) is 18.0 Å². The Labute approximate surface area is 68.7 Å². The van der Waals surface area contributed by atoms with E-state index in [-0.39, 0.29) is 0 Å². The lowest BCUT2D eigenvalue weighted by atomic mass is 10.3. The van der Waals surface area contributed by atoms with E-state index in [4.69, 9.17) is 0 Å². The minimum absolute atomic E-state index is 0.771. The van der Waals surface area contributed by atoms with Gasteiger partial charge in [0, 0.05) is 18.8 Å². The first-order chi connectivity index (χ1) is 5.38. The molecule has 1 aromatic rings. The summed E-state index contributed by atoms with van der Waals surface area (Å²) < 4.78 is 0. The van der Waals surface area contributed by atoms with Crippen LogP contribution in [-0.4, -0.2) is 13.1 Å². The van der Waals surface area contributed by atoms with Crippen LogP contribution in [0, 0.1) is 13.8 Å². The van der Waals surface area contributed by atoms with E-state index in [2.05, 4.69) is 30.9 Å². The van der Waals surface area contributed by atoms with Gasteiger partial charge in [0.1, 0.15) is 0 Å².